The van der Waals surface area contributed by atoms with Crippen LogP contribution in [-0.4, -0.2) is 24.8 Å². The Hall–Kier alpha value is -1.29. The van der Waals surface area contributed by atoms with Crippen LogP contribution in [0.1, 0.15) is 12.8 Å². The van der Waals surface area contributed by atoms with Crippen LogP contribution in [0.25, 0.3) is 0 Å². The molecule has 1 aliphatic rings. The molecular weight excluding hydrogens is 207 g/mol. The molecule has 3 N–H and O–H groups in total. The van der Waals surface area contributed by atoms with Crippen molar-refractivity contribution in [2.45, 2.75) is 12.8 Å². The number of benzene rings is 1. The van der Waals surface area contributed by atoms with Gasteiger partial charge in [-0.3, -0.25) is 0 Å². The lowest BCUT2D eigenvalue weighted by molar-refractivity contribution is 0.208. The third-order valence-corrected chi connectivity index (χ3v) is 3.05. The number of piperidine rings is 1. The fourth-order valence-electron chi connectivity index (χ4n) is 2.23. The van der Waals surface area contributed by atoms with Gasteiger partial charge < -0.3 is 15.7 Å². The van der Waals surface area contributed by atoms with Crippen molar-refractivity contribution in [1.29, 1.82) is 0 Å². The van der Waals surface area contributed by atoms with Crippen LogP contribution in [0.3, 0.4) is 0 Å². The molecule has 4 heteroatoms. The molecule has 0 bridgehead atoms. The van der Waals surface area contributed by atoms with Crippen molar-refractivity contribution >= 4 is 11.4 Å². The van der Waals surface area contributed by atoms with E-state index in [-0.39, 0.29) is 12.4 Å². The van der Waals surface area contributed by atoms with E-state index < -0.39 is 0 Å². The van der Waals surface area contributed by atoms with E-state index in [9.17, 15) is 4.39 Å². The molecule has 0 aliphatic carbocycles. The normalized spacial score (nSPS) is 21.1. The first-order valence-electron chi connectivity index (χ1n) is 5.61. The quantitative estimate of drug-likeness (QED) is 0.750. The van der Waals surface area contributed by atoms with Gasteiger partial charge in [0.1, 0.15) is 5.82 Å². The standard InChI is InChI=1S/C12H17FN2O/c13-10-4-11(14)6-12(5-10)15-3-1-2-9(7-15)8-16/h4-6,9,16H,1-3,7-8,14H2. The lowest BCUT2D eigenvalue weighted by atomic mass is 9.98. The maximum Gasteiger partial charge on any atom is 0.127 e. The molecule has 1 heterocycles. The molecule has 0 spiro atoms. The molecule has 1 aromatic carbocycles. The predicted octanol–water partition coefficient (Wildman–Crippen LogP) is 1.62. The molecular formula is C12H17FN2O. The summed E-state index contributed by atoms with van der Waals surface area (Å²) in [5.41, 5.74) is 6.88. The SMILES string of the molecule is Nc1cc(F)cc(N2CCCC(CO)C2)c1. The van der Waals surface area contributed by atoms with Crippen LogP contribution in [0.2, 0.25) is 0 Å². The maximum atomic E-state index is 13.2. The van der Waals surface area contributed by atoms with E-state index in [1.165, 1.54) is 12.1 Å². The van der Waals surface area contributed by atoms with Crippen molar-refractivity contribution in [2.75, 3.05) is 30.3 Å². The van der Waals surface area contributed by atoms with Crippen LogP contribution >= 0.6 is 0 Å². The van der Waals surface area contributed by atoms with Gasteiger partial charge in [0.2, 0.25) is 0 Å². The highest BCUT2D eigenvalue weighted by Crippen LogP contribution is 2.25. The van der Waals surface area contributed by atoms with Crippen molar-refractivity contribution < 1.29 is 9.50 Å². The van der Waals surface area contributed by atoms with Gasteiger partial charge in [0.25, 0.3) is 0 Å². The number of hydrogen-bond acceptors (Lipinski definition) is 3. The third kappa shape index (κ3) is 2.44. The van der Waals surface area contributed by atoms with Gasteiger partial charge in [-0.05, 0) is 37.0 Å². The van der Waals surface area contributed by atoms with Crippen LogP contribution in [0.5, 0.6) is 0 Å². The van der Waals surface area contributed by atoms with E-state index in [0.29, 0.717) is 11.6 Å². The van der Waals surface area contributed by atoms with Gasteiger partial charge in [-0.2, -0.15) is 0 Å². The minimum absolute atomic E-state index is 0.196. The molecule has 16 heavy (non-hydrogen) atoms. The summed E-state index contributed by atoms with van der Waals surface area (Å²) in [6, 6.07) is 4.59. The summed E-state index contributed by atoms with van der Waals surface area (Å²) >= 11 is 0. The van der Waals surface area contributed by atoms with Crippen LogP contribution in [0, 0.1) is 11.7 Å². The molecule has 0 saturated carbocycles. The second-order valence-electron chi connectivity index (χ2n) is 4.38. The van der Waals surface area contributed by atoms with E-state index in [0.717, 1.165) is 31.6 Å². The average molecular weight is 224 g/mol. The van der Waals surface area contributed by atoms with E-state index in [2.05, 4.69) is 4.90 Å². The first-order valence-corrected chi connectivity index (χ1v) is 5.61. The highest BCUT2D eigenvalue weighted by atomic mass is 19.1. The molecule has 1 fully saturated rings. The number of aliphatic hydroxyl groups excluding tert-OH is 1. The highest BCUT2D eigenvalue weighted by Gasteiger charge is 2.19. The van der Waals surface area contributed by atoms with Crippen LogP contribution in [-0.2, 0) is 0 Å². The van der Waals surface area contributed by atoms with Gasteiger partial charge in [0.15, 0.2) is 0 Å². The Bertz CT molecular complexity index is 350. The molecule has 0 amide bonds. The van der Waals surface area contributed by atoms with Crippen LogP contribution < -0.4 is 10.6 Å². The van der Waals surface area contributed by atoms with Gasteiger partial charge in [0, 0.05) is 31.1 Å². The topological polar surface area (TPSA) is 49.5 Å². The summed E-state index contributed by atoms with van der Waals surface area (Å²) in [5.74, 6) is -0.0145. The number of nitrogens with zero attached hydrogens (tertiary/aromatic N) is 1. The Morgan fingerprint density at radius 1 is 1.44 bits per heavy atom. The van der Waals surface area contributed by atoms with Crippen molar-refractivity contribution in [1.82, 2.24) is 0 Å². The first kappa shape index (κ1) is 11.2. The number of anilines is 2. The van der Waals surface area contributed by atoms with Gasteiger partial charge >= 0.3 is 0 Å². The van der Waals surface area contributed by atoms with Crippen molar-refractivity contribution in [3.8, 4) is 0 Å². The lowest BCUT2D eigenvalue weighted by Crippen LogP contribution is -2.36. The van der Waals surface area contributed by atoms with E-state index in [1.807, 2.05) is 0 Å². The zero-order valence-corrected chi connectivity index (χ0v) is 9.19. The van der Waals surface area contributed by atoms with Gasteiger partial charge in [0.05, 0.1) is 0 Å². The zero-order valence-electron chi connectivity index (χ0n) is 9.19. The summed E-state index contributed by atoms with van der Waals surface area (Å²) in [4.78, 5) is 2.09. The number of nitrogens with two attached hydrogens (primary N) is 1. The Morgan fingerprint density at radius 2 is 2.25 bits per heavy atom. The number of rotatable bonds is 2. The molecule has 0 aromatic heterocycles. The maximum absolute atomic E-state index is 13.2. The van der Waals surface area contributed by atoms with Crippen molar-refractivity contribution in [3.05, 3.63) is 24.0 Å². The summed E-state index contributed by atoms with van der Waals surface area (Å²) in [5, 5.41) is 9.14. The molecule has 1 aromatic rings. The molecule has 3 nitrogen and oxygen atoms in total. The predicted molar refractivity (Wildman–Crippen MR) is 62.8 cm³/mol. The van der Waals surface area contributed by atoms with Gasteiger partial charge in [-0.25, -0.2) is 4.39 Å². The van der Waals surface area contributed by atoms with E-state index in [4.69, 9.17) is 10.8 Å². The second kappa shape index (κ2) is 4.70. The summed E-state index contributed by atoms with van der Waals surface area (Å²) < 4.78 is 13.2. The summed E-state index contributed by atoms with van der Waals surface area (Å²) in [6.45, 7) is 1.88. The molecule has 1 unspecified atom stereocenters. The third-order valence-electron chi connectivity index (χ3n) is 3.05. The Labute approximate surface area is 94.7 Å². The molecule has 1 atom stereocenters. The van der Waals surface area contributed by atoms with E-state index in [1.54, 1.807) is 6.07 Å². The zero-order chi connectivity index (χ0) is 11.5. The molecule has 88 valence electrons. The van der Waals surface area contributed by atoms with Crippen LogP contribution in [0.4, 0.5) is 15.8 Å². The Balaban J connectivity index is 2.16. The molecule has 2 rings (SSSR count). The number of aliphatic hydroxyl groups is 1. The molecule has 0 radical (unpaired) electrons. The number of hydrogen-bond donors (Lipinski definition) is 2. The Kier molecular flexibility index (Phi) is 3.29. The van der Waals surface area contributed by atoms with Gasteiger partial charge in [-0.15, -0.1) is 0 Å². The number of halogens is 1. The molecule has 1 aliphatic heterocycles. The molecule has 1 saturated heterocycles. The minimum Gasteiger partial charge on any atom is -0.399 e. The second-order valence-corrected chi connectivity index (χ2v) is 4.38. The summed E-state index contributed by atoms with van der Waals surface area (Å²) in [6.07, 6.45) is 2.07. The minimum atomic E-state index is -0.305. The van der Waals surface area contributed by atoms with Gasteiger partial charge in [-0.1, -0.05) is 0 Å². The van der Waals surface area contributed by atoms with Crippen molar-refractivity contribution in [2.24, 2.45) is 5.92 Å². The monoisotopic (exact) mass is 224 g/mol. The highest BCUT2D eigenvalue weighted by molar-refractivity contribution is 5.56. The van der Waals surface area contributed by atoms with Crippen LogP contribution in [0.15, 0.2) is 18.2 Å². The lowest BCUT2D eigenvalue weighted by Gasteiger charge is -2.33. The number of nitrogen functional groups attached to an aromatic ring is 1. The Morgan fingerprint density at radius 3 is 2.94 bits per heavy atom. The van der Waals surface area contributed by atoms with Crippen molar-refractivity contribution in [3.63, 3.8) is 0 Å². The summed E-state index contributed by atoms with van der Waals surface area (Å²) in [7, 11) is 0. The smallest absolute Gasteiger partial charge is 0.127 e. The average Bonchev–Trinajstić information content (AvgIpc) is 2.28. The van der Waals surface area contributed by atoms with E-state index >= 15 is 0 Å². The fourth-order valence-corrected chi connectivity index (χ4v) is 2.23. The first-order chi connectivity index (χ1) is 7.69. The fraction of sp³-hybridized carbons (Fsp3) is 0.500. The largest absolute Gasteiger partial charge is 0.399 e.